The summed E-state index contributed by atoms with van der Waals surface area (Å²) >= 11 is 0. The minimum atomic E-state index is -1.02. The number of aliphatic carboxylic acids is 1. The lowest BCUT2D eigenvalue weighted by Gasteiger charge is -2.18. The third kappa shape index (κ3) is 4.81. The number of hydrogen-bond acceptors (Lipinski definition) is 3. The van der Waals surface area contributed by atoms with Gasteiger partial charge in [0.2, 0.25) is 5.91 Å². The minimum absolute atomic E-state index is 0.247. The van der Waals surface area contributed by atoms with Crippen LogP contribution in [0.25, 0.3) is 0 Å². The van der Waals surface area contributed by atoms with Gasteiger partial charge in [0.15, 0.2) is 0 Å². The Morgan fingerprint density at radius 3 is 2.21 bits per heavy atom. The first-order valence-electron chi connectivity index (χ1n) is 4.75. The highest BCUT2D eigenvalue weighted by Crippen LogP contribution is 1.87. The van der Waals surface area contributed by atoms with Gasteiger partial charge in [0, 0.05) is 0 Å². The summed E-state index contributed by atoms with van der Waals surface area (Å²) in [7, 11) is 0. The van der Waals surface area contributed by atoms with Crippen molar-refractivity contribution >= 4 is 11.9 Å². The molecule has 0 aliphatic carbocycles. The molecular weight excluding hydrogens is 184 g/mol. The van der Waals surface area contributed by atoms with Gasteiger partial charge in [-0.15, -0.1) is 0 Å². The summed E-state index contributed by atoms with van der Waals surface area (Å²) in [6.07, 6.45) is 0. The number of carboxylic acid groups (broad SMARTS) is 1. The number of hydrogen-bond donors (Lipinski definition) is 2. The van der Waals surface area contributed by atoms with E-state index in [0.29, 0.717) is 0 Å². The second-order valence-corrected chi connectivity index (χ2v) is 3.09. The van der Waals surface area contributed by atoms with Gasteiger partial charge in [-0.05, 0) is 20.0 Å². The number of nitrogens with zero attached hydrogens (tertiary/aromatic N) is 1. The van der Waals surface area contributed by atoms with E-state index >= 15 is 0 Å². The minimum Gasteiger partial charge on any atom is -0.480 e. The van der Waals surface area contributed by atoms with Crippen molar-refractivity contribution in [2.24, 2.45) is 0 Å². The van der Waals surface area contributed by atoms with E-state index in [0.717, 1.165) is 13.1 Å². The van der Waals surface area contributed by atoms with Crippen LogP contribution in [0, 0.1) is 0 Å². The first kappa shape index (κ1) is 12.9. The van der Waals surface area contributed by atoms with Gasteiger partial charge in [-0.3, -0.25) is 14.5 Å². The zero-order chi connectivity index (χ0) is 11.1. The Balaban J connectivity index is 3.91. The van der Waals surface area contributed by atoms with Crippen molar-refractivity contribution in [1.82, 2.24) is 10.2 Å². The molecule has 5 nitrogen and oxygen atoms in total. The average Bonchev–Trinajstić information content (AvgIpc) is 2.13. The summed E-state index contributed by atoms with van der Waals surface area (Å²) in [5.41, 5.74) is 0. The van der Waals surface area contributed by atoms with Crippen molar-refractivity contribution in [3.63, 3.8) is 0 Å². The highest BCUT2D eigenvalue weighted by molar-refractivity contribution is 5.84. The maximum atomic E-state index is 11.3. The fourth-order valence-electron chi connectivity index (χ4n) is 0.999. The van der Waals surface area contributed by atoms with Gasteiger partial charge in [0.25, 0.3) is 0 Å². The molecule has 0 rings (SSSR count). The SMILES string of the molecule is CCN(CC)CC(=O)NC(C)C(=O)O. The Hall–Kier alpha value is -1.10. The molecule has 0 saturated heterocycles. The van der Waals surface area contributed by atoms with Crippen LogP contribution in [-0.2, 0) is 9.59 Å². The molecule has 0 aromatic carbocycles. The fraction of sp³-hybridized carbons (Fsp3) is 0.778. The van der Waals surface area contributed by atoms with Gasteiger partial charge < -0.3 is 10.4 Å². The second-order valence-electron chi connectivity index (χ2n) is 3.09. The number of carboxylic acids is 1. The van der Waals surface area contributed by atoms with Crippen molar-refractivity contribution in [3.05, 3.63) is 0 Å². The number of carbonyl (C=O) groups excluding carboxylic acids is 1. The molecular formula is C9H18N2O3. The Labute approximate surface area is 84.1 Å². The Bertz CT molecular complexity index is 202. The molecule has 14 heavy (non-hydrogen) atoms. The number of likely N-dealkylation sites (N-methyl/N-ethyl adjacent to an activating group) is 1. The summed E-state index contributed by atoms with van der Waals surface area (Å²) in [6.45, 7) is 7.18. The van der Waals surface area contributed by atoms with Crippen LogP contribution < -0.4 is 5.32 Å². The van der Waals surface area contributed by atoms with Crippen LogP contribution in [0.5, 0.6) is 0 Å². The number of carbonyl (C=O) groups is 2. The molecule has 0 saturated carbocycles. The van der Waals surface area contributed by atoms with Gasteiger partial charge >= 0.3 is 5.97 Å². The Morgan fingerprint density at radius 2 is 1.86 bits per heavy atom. The highest BCUT2D eigenvalue weighted by atomic mass is 16.4. The molecule has 1 amide bonds. The van der Waals surface area contributed by atoms with Gasteiger partial charge in [0.1, 0.15) is 6.04 Å². The quantitative estimate of drug-likeness (QED) is 0.632. The Kier molecular flexibility index (Phi) is 5.87. The topological polar surface area (TPSA) is 69.6 Å². The molecule has 0 bridgehead atoms. The van der Waals surface area contributed by atoms with Crippen molar-refractivity contribution in [2.75, 3.05) is 19.6 Å². The van der Waals surface area contributed by atoms with Gasteiger partial charge in [-0.2, -0.15) is 0 Å². The third-order valence-corrected chi connectivity index (χ3v) is 2.01. The van der Waals surface area contributed by atoms with Crippen LogP contribution in [-0.4, -0.2) is 47.6 Å². The van der Waals surface area contributed by atoms with E-state index < -0.39 is 12.0 Å². The van der Waals surface area contributed by atoms with Crippen LogP contribution in [0.2, 0.25) is 0 Å². The molecule has 82 valence electrons. The van der Waals surface area contributed by atoms with E-state index in [4.69, 9.17) is 5.11 Å². The van der Waals surface area contributed by atoms with Crippen LogP contribution >= 0.6 is 0 Å². The maximum Gasteiger partial charge on any atom is 0.325 e. The van der Waals surface area contributed by atoms with E-state index in [9.17, 15) is 9.59 Å². The van der Waals surface area contributed by atoms with Gasteiger partial charge in [0.05, 0.1) is 6.54 Å². The predicted octanol–water partition coefficient (Wildman–Crippen LogP) is -0.0825. The largest absolute Gasteiger partial charge is 0.480 e. The number of nitrogens with one attached hydrogen (secondary N) is 1. The second kappa shape index (κ2) is 6.37. The lowest BCUT2D eigenvalue weighted by atomic mass is 10.3. The maximum absolute atomic E-state index is 11.3. The van der Waals surface area contributed by atoms with Crippen molar-refractivity contribution in [1.29, 1.82) is 0 Å². The van der Waals surface area contributed by atoms with Crippen LogP contribution in [0.15, 0.2) is 0 Å². The highest BCUT2D eigenvalue weighted by Gasteiger charge is 2.14. The van der Waals surface area contributed by atoms with Gasteiger partial charge in [-0.1, -0.05) is 13.8 Å². The summed E-state index contributed by atoms with van der Waals surface area (Å²) < 4.78 is 0. The van der Waals surface area contributed by atoms with Crippen LogP contribution in [0.4, 0.5) is 0 Å². The molecule has 0 heterocycles. The predicted molar refractivity (Wildman–Crippen MR) is 53.0 cm³/mol. The first-order valence-corrected chi connectivity index (χ1v) is 4.75. The molecule has 5 heteroatoms. The molecule has 0 spiro atoms. The molecule has 0 aliphatic heterocycles. The normalized spacial score (nSPS) is 12.6. The summed E-state index contributed by atoms with van der Waals surface area (Å²) in [5, 5.41) is 10.9. The van der Waals surface area contributed by atoms with Crippen LogP contribution in [0.1, 0.15) is 20.8 Å². The summed E-state index contributed by atoms with van der Waals surface area (Å²) in [4.78, 5) is 23.6. The zero-order valence-corrected chi connectivity index (χ0v) is 8.91. The molecule has 2 N–H and O–H groups in total. The van der Waals surface area contributed by atoms with Crippen molar-refractivity contribution in [3.8, 4) is 0 Å². The van der Waals surface area contributed by atoms with E-state index in [1.807, 2.05) is 18.7 Å². The third-order valence-electron chi connectivity index (χ3n) is 2.01. The molecule has 0 aliphatic rings. The number of rotatable bonds is 6. The monoisotopic (exact) mass is 202 g/mol. The van der Waals surface area contributed by atoms with Crippen molar-refractivity contribution < 1.29 is 14.7 Å². The molecule has 0 fully saturated rings. The average molecular weight is 202 g/mol. The zero-order valence-electron chi connectivity index (χ0n) is 8.91. The summed E-state index contributed by atoms with van der Waals surface area (Å²) in [6, 6.07) is -0.821. The molecule has 1 atom stereocenters. The Morgan fingerprint density at radius 1 is 1.36 bits per heavy atom. The van der Waals surface area contributed by atoms with Gasteiger partial charge in [-0.25, -0.2) is 0 Å². The van der Waals surface area contributed by atoms with Crippen molar-refractivity contribution in [2.45, 2.75) is 26.8 Å². The van der Waals surface area contributed by atoms with E-state index in [1.54, 1.807) is 0 Å². The van der Waals surface area contributed by atoms with Crippen LogP contribution in [0.3, 0.4) is 0 Å². The molecule has 0 radical (unpaired) electrons. The number of amides is 1. The smallest absolute Gasteiger partial charge is 0.325 e. The first-order chi connectivity index (χ1) is 6.51. The molecule has 0 aromatic rings. The standard InChI is InChI=1S/C9H18N2O3/c1-4-11(5-2)6-8(12)10-7(3)9(13)14/h7H,4-6H2,1-3H3,(H,10,12)(H,13,14). The van der Waals surface area contributed by atoms with E-state index in [-0.39, 0.29) is 12.5 Å². The summed E-state index contributed by atoms with van der Waals surface area (Å²) in [5.74, 6) is -1.26. The lowest BCUT2D eigenvalue weighted by Crippen LogP contribution is -2.44. The fourth-order valence-corrected chi connectivity index (χ4v) is 0.999. The molecule has 1 unspecified atom stereocenters. The van der Waals surface area contributed by atoms with E-state index in [2.05, 4.69) is 5.32 Å². The van der Waals surface area contributed by atoms with E-state index in [1.165, 1.54) is 6.92 Å². The molecule has 0 aromatic heterocycles. The lowest BCUT2D eigenvalue weighted by molar-refractivity contribution is -0.141.